The Bertz CT molecular complexity index is 566. The molecule has 0 rings (SSSR count). The van der Waals surface area contributed by atoms with Crippen LogP contribution in [0, 0.1) is 10.8 Å². The lowest BCUT2D eigenvalue weighted by Gasteiger charge is -2.34. The van der Waals surface area contributed by atoms with E-state index in [0.29, 0.717) is 45.6 Å². The van der Waals surface area contributed by atoms with E-state index >= 15 is 0 Å². The Morgan fingerprint density at radius 3 is 1.90 bits per heavy atom. The number of hydrogen-bond donors (Lipinski definition) is 0. The van der Waals surface area contributed by atoms with Gasteiger partial charge in [0.25, 0.3) is 0 Å². The molecule has 0 aliphatic rings. The van der Waals surface area contributed by atoms with Crippen molar-refractivity contribution in [2.75, 3.05) is 40.5 Å². The van der Waals surface area contributed by atoms with Crippen LogP contribution in [-0.2, 0) is 23.8 Å². The molecule has 0 heterocycles. The highest BCUT2D eigenvalue weighted by atomic mass is 16.5. The Morgan fingerprint density at radius 2 is 1.39 bits per heavy atom. The summed E-state index contributed by atoms with van der Waals surface area (Å²) in [5.74, 6) is 0.312. The highest BCUT2D eigenvalue weighted by molar-refractivity contribution is 5.78. The topological polar surface area (TPSA) is 65.1 Å². The fourth-order valence-electron chi connectivity index (χ4n) is 3.31. The number of carbonyl (C=O) groups excluding carboxylic acids is 2. The Labute approximate surface area is 191 Å². The van der Waals surface area contributed by atoms with Crippen LogP contribution in [0.5, 0.6) is 0 Å². The third-order valence-electron chi connectivity index (χ3n) is 5.47. The lowest BCUT2D eigenvalue weighted by atomic mass is 9.87. The molecular weight excluding hydrogens is 394 g/mol. The Morgan fingerprint density at radius 1 is 0.839 bits per heavy atom. The maximum absolute atomic E-state index is 12.8. The number of rotatable bonds is 16. The predicted molar refractivity (Wildman–Crippen MR) is 126 cm³/mol. The molecule has 31 heavy (non-hydrogen) atoms. The molecule has 0 bridgehead atoms. The zero-order chi connectivity index (χ0) is 24.5. The quantitative estimate of drug-likeness (QED) is 0.340. The van der Waals surface area contributed by atoms with Crippen molar-refractivity contribution in [3.8, 4) is 0 Å². The van der Waals surface area contributed by atoms with Gasteiger partial charge >= 0.3 is 0 Å². The largest absolute Gasteiger partial charge is 0.380 e. The third kappa shape index (κ3) is 13.9. The second kappa shape index (κ2) is 12.3. The Balaban J connectivity index is 4.54. The van der Waals surface area contributed by atoms with Crippen molar-refractivity contribution in [2.45, 2.75) is 99.2 Å². The van der Waals surface area contributed by atoms with Gasteiger partial charge in [0.05, 0.1) is 37.4 Å². The molecule has 0 fully saturated rings. The summed E-state index contributed by atoms with van der Waals surface area (Å²) < 4.78 is 17.4. The number of nitrogens with zero attached hydrogens (tertiary/aromatic N) is 1. The average Bonchev–Trinajstić information content (AvgIpc) is 2.59. The summed E-state index contributed by atoms with van der Waals surface area (Å²) in [4.78, 5) is 26.3. The molecule has 0 saturated heterocycles. The van der Waals surface area contributed by atoms with Gasteiger partial charge in [0.2, 0.25) is 5.91 Å². The summed E-state index contributed by atoms with van der Waals surface area (Å²) in [7, 11) is 3.53. The van der Waals surface area contributed by atoms with Crippen LogP contribution in [-0.4, -0.2) is 68.3 Å². The molecular formula is C25H49NO5. The molecule has 0 aromatic carbocycles. The van der Waals surface area contributed by atoms with Crippen molar-refractivity contribution in [3.63, 3.8) is 0 Å². The number of ketones is 1. The van der Waals surface area contributed by atoms with Crippen LogP contribution in [0.3, 0.4) is 0 Å². The van der Waals surface area contributed by atoms with Gasteiger partial charge in [0.15, 0.2) is 0 Å². The van der Waals surface area contributed by atoms with E-state index in [4.69, 9.17) is 14.2 Å². The van der Waals surface area contributed by atoms with Gasteiger partial charge in [-0.15, -0.1) is 0 Å². The minimum Gasteiger partial charge on any atom is -0.380 e. The van der Waals surface area contributed by atoms with Gasteiger partial charge in [0, 0.05) is 39.0 Å². The van der Waals surface area contributed by atoms with Gasteiger partial charge in [-0.1, -0.05) is 34.6 Å². The molecule has 0 aromatic heterocycles. The lowest BCUT2D eigenvalue weighted by Crippen LogP contribution is -2.42. The molecule has 6 heteroatoms. The molecule has 0 spiro atoms. The fourth-order valence-corrected chi connectivity index (χ4v) is 3.31. The van der Waals surface area contributed by atoms with Crippen LogP contribution in [0.4, 0.5) is 0 Å². The van der Waals surface area contributed by atoms with Gasteiger partial charge in [-0.25, -0.2) is 0 Å². The van der Waals surface area contributed by atoms with Gasteiger partial charge in [-0.3, -0.25) is 9.59 Å². The third-order valence-corrected chi connectivity index (χ3v) is 5.47. The highest BCUT2D eigenvalue weighted by Crippen LogP contribution is 2.25. The zero-order valence-electron chi connectivity index (χ0n) is 22.1. The van der Waals surface area contributed by atoms with Crippen molar-refractivity contribution in [3.05, 3.63) is 0 Å². The van der Waals surface area contributed by atoms with E-state index in [2.05, 4.69) is 27.7 Å². The molecule has 0 radical (unpaired) electrons. The molecule has 184 valence electrons. The molecule has 0 saturated carbocycles. The van der Waals surface area contributed by atoms with E-state index in [1.165, 1.54) is 0 Å². The van der Waals surface area contributed by atoms with E-state index in [9.17, 15) is 9.59 Å². The van der Waals surface area contributed by atoms with Gasteiger partial charge in [0.1, 0.15) is 5.78 Å². The Kier molecular flexibility index (Phi) is 11.9. The van der Waals surface area contributed by atoms with Crippen molar-refractivity contribution in [2.24, 2.45) is 10.8 Å². The van der Waals surface area contributed by atoms with Crippen LogP contribution in [0.15, 0.2) is 0 Å². The summed E-state index contributed by atoms with van der Waals surface area (Å²) in [6.45, 7) is 20.3. The normalized spacial score (nSPS) is 13.4. The van der Waals surface area contributed by atoms with E-state index in [1.807, 2.05) is 41.7 Å². The Hall–Kier alpha value is -0.980. The minimum atomic E-state index is -0.536. The molecule has 6 nitrogen and oxygen atoms in total. The van der Waals surface area contributed by atoms with Crippen LogP contribution in [0.1, 0.15) is 88.0 Å². The van der Waals surface area contributed by atoms with Crippen LogP contribution < -0.4 is 0 Å². The summed E-state index contributed by atoms with van der Waals surface area (Å²) >= 11 is 0. The summed E-state index contributed by atoms with van der Waals surface area (Å²) in [5, 5.41) is 0. The average molecular weight is 444 g/mol. The highest BCUT2D eigenvalue weighted by Gasteiger charge is 2.30. The molecule has 0 aliphatic carbocycles. The second-order valence-corrected chi connectivity index (χ2v) is 11.6. The summed E-state index contributed by atoms with van der Waals surface area (Å²) in [6, 6.07) is 0. The summed E-state index contributed by atoms with van der Waals surface area (Å²) in [5.41, 5.74) is -1.14. The first kappa shape index (κ1) is 30.0. The summed E-state index contributed by atoms with van der Waals surface area (Å²) in [6.07, 6.45) is 2.17. The smallest absolute Gasteiger partial charge is 0.225 e. The molecule has 1 amide bonds. The molecule has 0 atom stereocenters. The van der Waals surface area contributed by atoms with E-state index in [1.54, 1.807) is 12.0 Å². The lowest BCUT2D eigenvalue weighted by molar-refractivity contribution is -0.139. The van der Waals surface area contributed by atoms with Crippen molar-refractivity contribution in [1.29, 1.82) is 0 Å². The molecule has 0 unspecified atom stereocenters. The molecule has 0 aliphatic heterocycles. The number of carbonyl (C=O) groups is 2. The van der Waals surface area contributed by atoms with Crippen molar-refractivity contribution in [1.82, 2.24) is 4.90 Å². The van der Waals surface area contributed by atoms with Crippen molar-refractivity contribution < 1.29 is 23.8 Å². The first-order valence-corrected chi connectivity index (χ1v) is 11.5. The van der Waals surface area contributed by atoms with Gasteiger partial charge in [-0.2, -0.15) is 0 Å². The fraction of sp³-hybridized carbons (Fsp3) is 0.920. The number of amides is 1. The van der Waals surface area contributed by atoms with Gasteiger partial charge < -0.3 is 19.1 Å². The van der Waals surface area contributed by atoms with Crippen molar-refractivity contribution >= 4 is 11.7 Å². The first-order chi connectivity index (χ1) is 13.9. The maximum Gasteiger partial charge on any atom is 0.225 e. The van der Waals surface area contributed by atoms with Crippen LogP contribution in [0.2, 0.25) is 0 Å². The second-order valence-electron chi connectivity index (χ2n) is 11.6. The standard InChI is InChI=1S/C25H49NO5/c1-12-20(27)15-22(2,3)18-30-19-23(4,5)17-26(10)21(28)16-25(8,9)31-14-13-24(6,7)29-11/h12-19H2,1-11H3. The van der Waals surface area contributed by atoms with E-state index in [-0.39, 0.29) is 28.1 Å². The van der Waals surface area contributed by atoms with Gasteiger partial charge in [-0.05, 0) is 39.5 Å². The van der Waals surface area contributed by atoms with E-state index < -0.39 is 5.60 Å². The zero-order valence-corrected chi connectivity index (χ0v) is 22.1. The molecule has 0 N–H and O–H groups in total. The maximum atomic E-state index is 12.8. The van der Waals surface area contributed by atoms with E-state index in [0.717, 1.165) is 6.42 Å². The minimum absolute atomic E-state index is 0.0537. The molecule has 0 aromatic rings. The number of methoxy groups -OCH3 is 1. The predicted octanol–water partition coefficient (Wildman–Crippen LogP) is 4.88. The number of hydrogen-bond acceptors (Lipinski definition) is 5. The van der Waals surface area contributed by atoms with Crippen LogP contribution in [0.25, 0.3) is 0 Å². The number of Topliss-reactive ketones (excluding diaryl/α,β-unsaturated/α-hetero) is 1. The first-order valence-electron chi connectivity index (χ1n) is 11.5. The van der Waals surface area contributed by atoms with Crippen LogP contribution >= 0.6 is 0 Å². The number of ether oxygens (including phenoxy) is 3. The monoisotopic (exact) mass is 443 g/mol. The SMILES string of the molecule is CCC(=O)CC(C)(C)COCC(C)(C)CN(C)C(=O)CC(C)(C)OCCC(C)(C)OC.